The zero-order valence-electron chi connectivity index (χ0n) is 14.7. The van der Waals surface area contributed by atoms with Crippen molar-refractivity contribution in [2.45, 2.75) is 70.6 Å². The van der Waals surface area contributed by atoms with Gasteiger partial charge in [-0.25, -0.2) is 0 Å². The maximum Gasteiger partial charge on any atom is 0.414 e. The van der Waals surface area contributed by atoms with Gasteiger partial charge in [0.05, 0.1) is 0 Å². The summed E-state index contributed by atoms with van der Waals surface area (Å²) in [6, 6.07) is 0. The Morgan fingerprint density at radius 3 is 2.60 bits per heavy atom. The van der Waals surface area contributed by atoms with Gasteiger partial charge in [0, 0.05) is 6.42 Å². The van der Waals surface area contributed by atoms with Gasteiger partial charge in [-0.1, -0.05) is 12.5 Å². The van der Waals surface area contributed by atoms with Crippen LogP contribution in [0.25, 0.3) is 0 Å². The van der Waals surface area contributed by atoms with Gasteiger partial charge in [-0.2, -0.15) is 13.2 Å². The van der Waals surface area contributed by atoms with Crippen LogP contribution in [0.5, 0.6) is 0 Å². The van der Waals surface area contributed by atoms with Crippen LogP contribution in [0.15, 0.2) is 11.6 Å². The number of hydrogen-bond acceptors (Lipinski definition) is 2. The minimum Gasteiger partial charge on any atom is -0.383 e. The molecule has 4 aliphatic rings. The Morgan fingerprint density at radius 1 is 1.12 bits per heavy atom. The van der Waals surface area contributed by atoms with E-state index in [4.69, 9.17) is 0 Å². The Hall–Kier alpha value is -0.840. The predicted molar refractivity (Wildman–Crippen MR) is 87.6 cm³/mol. The van der Waals surface area contributed by atoms with Crippen LogP contribution >= 0.6 is 0 Å². The van der Waals surface area contributed by atoms with Crippen LogP contribution in [-0.4, -0.2) is 23.2 Å². The van der Waals surface area contributed by atoms with E-state index < -0.39 is 23.6 Å². The largest absolute Gasteiger partial charge is 0.414 e. The first-order valence-corrected chi connectivity index (χ1v) is 9.70. The van der Waals surface area contributed by atoms with Crippen molar-refractivity contribution >= 4 is 5.78 Å². The minimum atomic E-state index is -4.52. The van der Waals surface area contributed by atoms with Crippen LogP contribution in [0.4, 0.5) is 13.2 Å². The summed E-state index contributed by atoms with van der Waals surface area (Å²) in [4.78, 5) is 11.7. The fourth-order valence-corrected chi connectivity index (χ4v) is 6.97. The molecule has 0 aromatic rings. The van der Waals surface area contributed by atoms with E-state index in [1.807, 2.05) is 13.0 Å². The van der Waals surface area contributed by atoms with Gasteiger partial charge in [0.15, 0.2) is 11.9 Å². The minimum absolute atomic E-state index is 0.236. The fraction of sp³-hybridized carbons (Fsp3) is 0.850. The fourth-order valence-electron chi connectivity index (χ4n) is 6.97. The van der Waals surface area contributed by atoms with E-state index in [9.17, 15) is 23.1 Å². The molecule has 25 heavy (non-hydrogen) atoms. The van der Waals surface area contributed by atoms with Gasteiger partial charge < -0.3 is 5.11 Å². The molecule has 0 aliphatic heterocycles. The third-order valence-corrected chi connectivity index (χ3v) is 8.09. The Balaban J connectivity index is 1.58. The average molecular weight is 356 g/mol. The molecule has 4 aliphatic carbocycles. The second-order valence-electron chi connectivity index (χ2n) is 9.02. The van der Waals surface area contributed by atoms with Gasteiger partial charge >= 0.3 is 6.18 Å². The Kier molecular flexibility index (Phi) is 4.10. The number of rotatable bonds is 1. The molecule has 0 radical (unpaired) electrons. The van der Waals surface area contributed by atoms with E-state index in [-0.39, 0.29) is 11.7 Å². The van der Waals surface area contributed by atoms with Crippen LogP contribution in [-0.2, 0) is 4.79 Å². The van der Waals surface area contributed by atoms with Crippen molar-refractivity contribution in [3.8, 4) is 0 Å². The molecule has 0 heterocycles. The average Bonchev–Trinajstić information content (AvgIpc) is 2.89. The summed E-state index contributed by atoms with van der Waals surface area (Å²) in [5.41, 5.74) is 0.896. The number of hydrogen-bond donors (Lipinski definition) is 1. The van der Waals surface area contributed by atoms with Crippen molar-refractivity contribution < 1.29 is 23.1 Å². The van der Waals surface area contributed by atoms with Crippen molar-refractivity contribution in [2.24, 2.45) is 35.0 Å². The zero-order valence-corrected chi connectivity index (χ0v) is 14.7. The standard InChI is InChI=1S/C20H27F3O2/c1-19-9-8-14-13-5-3-12(24)10-11(13)2-4-15(14)16(19)6-7-17(19)18(25)20(21,22)23/h10,13-18,25H,2-9H2,1H3/t13-,14+,15+,16+,17+,18-,19-/m0/s1. The number of aliphatic hydroxyl groups excluding tert-OH is 1. The number of carbonyl (C=O) groups is 1. The van der Waals surface area contributed by atoms with Crippen molar-refractivity contribution in [3.05, 3.63) is 11.6 Å². The van der Waals surface area contributed by atoms with Gasteiger partial charge in [-0.15, -0.1) is 0 Å². The van der Waals surface area contributed by atoms with Gasteiger partial charge in [-0.05, 0) is 86.0 Å². The molecule has 0 unspecified atom stereocenters. The van der Waals surface area contributed by atoms with Gasteiger partial charge in [0.25, 0.3) is 0 Å². The molecule has 5 heteroatoms. The quantitative estimate of drug-likeness (QED) is 0.741. The van der Waals surface area contributed by atoms with E-state index in [1.165, 1.54) is 5.57 Å². The van der Waals surface area contributed by atoms with E-state index >= 15 is 0 Å². The van der Waals surface area contributed by atoms with E-state index in [0.717, 1.165) is 38.5 Å². The summed E-state index contributed by atoms with van der Waals surface area (Å²) >= 11 is 0. The summed E-state index contributed by atoms with van der Waals surface area (Å²) in [5.74, 6) is 1.30. The lowest BCUT2D eigenvalue weighted by Crippen LogP contribution is -2.50. The molecule has 3 saturated carbocycles. The van der Waals surface area contributed by atoms with Crippen molar-refractivity contribution in [2.75, 3.05) is 0 Å². The monoisotopic (exact) mass is 356 g/mol. The molecule has 4 rings (SSSR count). The molecule has 0 saturated heterocycles. The highest BCUT2D eigenvalue weighted by atomic mass is 19.4. The normalized spacial score (nSPS) is 45.2. The molecule has 0 aromatic heterocycles. The number of ketones is 1. The maximum atomic E-state index is 13.1. The molecule has 3 fully saturated rings. The van der Waals surface area contributed by atoms with Crippen LogP contribution in [0.1, 0.15) is 58.3 Å². The molecule has 0 aromatic carbocycles. The van der Waals surface area contributed by atoms with Gasteiger partial charge in [-0.3, -0.25) is 4.79 Å². The molecule has 0 spiro atoms. The number of fused-ring (bicyclic) bond motifs is 5. The predicted octanol–water partition coefficient (Wildman–Crippen LogP) is 4.67. The molecular formula is C20H27F3O2. The Morgan fingerprint density at radius 2 is 1.88 bits per heavy atom. The van der Waals surface area contributed by atoms with Crippen LogP contribution in [0, 0.1) is 35.0 Å². The summed E-state index contributed by atoms with van der Waals surface area (Å²) in [6.45, 7) is 2.00. The highest BCUT2D eigenvalue weighted by Crippen LogP contribution is 2.64. The lowest BCUT2D eigenvalue weighted by atomic mass is 9.51. The van der Waals surface area contributed by atoms with Crippen molar-refractivity contribution in [3.63, 3.8) is 0 Å². The zero-order chi connectivity index (χ0) is 18.0. The van der Waals surface area contributed by atoms with Crippen LogP contribution in [0.3, 0.4) is 0 Å². The maximum absolute atomic E-state index is 13.1. The first-order chi connectivity index (χ1) is 11.7. The third kappa shape index (κ3) is 2.68. The Labute approximate surface area is 146 Å². The van der Waals surface area contributed by atoms with Crippen molar-refractivity contribution in [1.29, 1.82) is 0 Å². The Bertz CT molecular complexity index is 596. The number of halogens is 3. The smallest absolute Gasteiger partial charge is 0.383 e. The molecular weight excluding hydrogens is 329 g/mol. The lowest BCUT2D eigenvalue weighted by Gasteiger charge is -2.54. The highest BCUT2D eigenvalue weighted by Gasteiger charge is 2.60. The highest BCUT2D eigenvalue weighted by molar-refractivity contribution is 5.91. The van der Waals surface area contributed by atoms with Gasteiger partial charge in [0.1, 0.15) is 0 Å². The molecule has 7 atom stereocenters. The first-order valence-electron chi connectivity index (χ1n) is 9.70. The SMILES string of the molecule is C[C@]12CC[C@H]3[C@@H](CCC4=CC(=O)CC[C@@H]43)[C@H]1CC[C@@H]2[C@H](O)C(F)(F)F. The van der Waals surface area contributed by atoms with Crippen molar-refractivity contribution in [1.82, 2.24) is 0 Å². The number of allylic oxidation sites excluding steroid dienone is 1. The molecule has 0 amide bonds. The summed E-state index contributed by atoms with van der Waals surface area (Å²) in [7, 11) is 0. The molecule has 2 nitrogen and oxygen atoms in total. The van der Waals surface area contributed by atoms with Crippen LogP contribution in [0.2, 0.25) is 0 Å². The molecule has 140 valence electrons. The first kappa shape index (κ1) is 17.6. The number of alkyl halides is 3. The van der Waals surface area contributed by atoms with E-state index in [0.29, 0.717) is 30.6 Å². The summed E-state index contributed by atoms with van der Waals surface area (Å²) < 4.78 is 39.4. The van der Waals surface area contributed by atoms with Gasteiger partial charge in [0.2, 0.25) is 0 Å². The third-order valence-electron chi connectivity index (χ3n) is 8.09. The molecule has 0 bridgehead atoms. The van der Waals surface area contributed by atoms with E-state index in [2.05, 4.69) is 0 Å². The topological polar surface area (TPSA) is 37.3 Å². The van der Waals surface area contributed by atoms with E-state index in [1.54, 1.807) is 0 Å². The number of aliphatic hydroxyl groups is 1. The number of carbonyl (C=O) groups excluding carboxylic acids is 1. The lowest BCUT2D eigenvalue weighted by molar-refractivity contribution is -0.233. The second kappa shape index (κ2) is 5.83. The molecule has 1 N–H and O–H groups in total. The summed E-state index contributed by atoms with van der Waals surface area (Å²) in [6.07, 6.45) is 1.60. The second-order valence-corrected chi connectivity index (χ2v) is 9.02. The van der Waals surface area contributed by atoms with Crippen LogP contribution < -0.4 is 0 Å². The summed E-state index contributed by atoms with van der Waals surface area (Å²) in [5, 5.41) is 9.93.